The second-order valence-corrected chi connectivity index (χ2v) is 5.29. The van der Waals surface area contributed by atoms with Crippen molar-refractivity contribution in [2.75, 3.05) is 13.1 Å². The second kappa shape index (κ2) is 6.52. The molecule has 0 aromatic heterocycles. The van der Waals surface area contributed by atoms with E-state index in [9.17, 15) is 14.4 Å². The molecule has 112 valence electrons. The molecule has 0 unspecified atom stereocenters. The van der Waals surface area contributed by atoms with Crippen LogP contribution in [0.5, 0.6) is 5.75 Å². The molecule has 21 heavy (non-hydrogen) atoms. The summed E-state index contributed by atoms with van der Waals surface area (Å²) in [5, 5.41) is 0. The van der Waals surface area contributed by atoms with Gasteiger partial charge in [-0.3, -0.25) is 14.4 Å². The summed E-state index contributed by atoms with van der Waals surface area (Å²) in [5.41, 5.74) is 0.520. The van der Waals surface area contributed by atoms with Gasteiger partial charge in [-0.15, -0.1) is 0 Å². The standard InChI is InChI=1S/C16H19NO4/c1-11(18)14-4-3-5-15(10-14)21-16(20)13-6-8-17(9-7-13)12(2)19/h3-5,10,13H,6-9H2,1-2H3. The van der Waals surface area contributed by atoms with Gasteiger partial charge in [0.1, 0.15) is 5.75 Å². The Morgan fingerprint density at radius 2 is 1.81 bits per heavy atom. The fourth-order valence-electron chi connectivity index (χ4n) is 2.41. The van der Waals surface area contributed by atoms with Crippen LogP contribution in [0.2, 0.25) is 0 Å². The van der Waals surface area contributed by atoms with Gasteiger partial charge in [-0.05, 0) is 31.9 Å². The Balaban J connectivity index is 1.95. The largest absolute Gasteiger partial charge is 0.426 e. The minimum atomic E-state index is -0.293. The number of ether oxygens (including phenoxy) is 1. The molecule has 1 saturated heterocycles. The number of amides is 1. The predicted molar refractivity (Wildman–Crippen MR) is 77.1 cm³/mol. The van der Waals surface area contributed by atoms with E-state index in [4.69, 9.17) is 4.74 Å². The van der Waals surface area contributed by atoms with Gasteiger partial charge in [0, 0.05) is 25.6 Å². The van der Waals surface area contributed by atoms with Crippen molar-refractivity contribution in [2.24, 2.45) is 5.92 Å². The summed E-state index contributed by atoms with van der Waals surface area (Å²) in [6.45, 7) is 4.18. The van der Waals surface area contributed by atoms with Crippen LogP contribution in [0, 0.1) is 5.92 Å². The Hall–Kier alpha value is -2.17. The van der Waals surface area contributed by atoms with Crippen LogP contribution in [0.4, 0.5) is 0 Å². The molecule has 1 aliphatic heterocycles. The maximum Gasteiger partial charge on any atom is 0.314 e. The van der Waals surface area contributed by atoms with Crippen LogP contribution in [0.3, 0.4) is 0 Å². The Kier molecular flexibility index (Phi) is 4.73. The summed E-state index contributed by atoms with van der Waals surface area (Å²) < 4.78 is 5.35. The number of nitrogens with zero attached hydrogens (tertiary/aromatic N) is 1. The van der Waals surface area contributed by atoms with Gasteiger partial charge in [0.15, 0.2) is 5.78 Å². The maximum atomic E-state index is 12.1. The topological polar surface area (TPSA) is 63.7 Å². The van der Waals surface area contributed by atoms with Gasteiger partial charge >= 0.3 is 5.97 Å². The number of hydrogen-bond donors (Lipinski definition) is 0. The van der Waals surface area contributed by atoms with Crippen molar-refractivity contribution in [3.05, 3.63) is 29.8 Å². The molecule has 0 saturated carbocycles. The fourth-order valence-corrected chi connectivity index (χ4v) is 2.41. The Labute approximate surface area is 123 Å². The molecule has 0 atom stereocenters. The minimum Gasteiger partial charge on any atom is -0.426 e. The first-order valence-corrected chi connectivity index (χ1v) is 7.05. The van der Waals surface area contributed by atoms with Gasteiger partial charge in [-0.25, -0.2) is 0 Å². The SMILES string of the molecule is CC(=O)c1cccc(OC(=O)C2CCN(C(C)=O)CC2)c1. The smallest absolute Gasteiger partial charge is 0.314 e. The van der Waals surface area contributed by atoms with E-state index >= 15 is 0 Å². The van der Waals surface area contributed by atoms with E-state index in [1.165, 1.54) is 13.8 Å². The van der Waals surface area contributed by atoms with Crippen LogP contribution < -0.4 is 4.74 Å². The van der Waals surface area contributed by atoms with Crippen molar-refractivity contribution < 1.29 is 19.1 Å². The zero-order valence-corrected chi connectivity index (χ0v) is 12.3. The van der Waals surface area contributed by atoms with Crippen LogP contribution in [0.25, 0.3) is 0 Å². The lowest BCUT2D eigenvalue weighted by Crippen LogP contribution is -2.40. The number of Topliss-reactive ketones (excluding diaryl/α,β-unsaturated/α-hetero) is 1. The highest BCUT2D eigenvalue weighted by molar-refractivity contribution is 5.94. The van der Waals surface area contributed by atoms with E-state index < -0.39 is 0 Å². The third-order valence-electron chi connectivity index (χ3n) is 3.73. The van der Waals surface area contributed by atoms with E-state index in [0.717, 1.165) is 0 Å². The molecule has 1 heterocycles. The Morgan fingerprint density at radius 1 is 1.14 bits per heavy atom. The molecule has 1 aliphatic rings. The third kappa shape index (κ3) is 3.90. The molecule has 1 aromatic rings. The van der Waals surface area contributed by atoms with Crippen LogP contribution in [0.15, 0.2) is 24.3 Å². The summed E-state index contributed by atoms with van der Waals surface area (Å²) in [4.78, 5) is 36.4. The minimum absolute atomic E-state index is 0.0379. The first kappa shape index (κ1) is 15.2. The van der Waals surface area contributed by atoms with Crippen molar-refractivity contribution >= 4 is 17.7 Å². The van der Waals surface area contributed by atoms with E-state index in [-0.39, 0.29) is 23.6 Å². The highest BCUT2D eigenvalue weighted by atomic mass is 16.5. The lowest BCUT2D eigenvalue weighted by atomic mass is 9.97. The lowest BCUT2D eigenvalue weighted by Gasteiger charge is -2.29. The molecule has 0 aliphatic carbocycles. The normalized spacial score (nSPS) is 15.6. The number of hydrogen-bond acceptors (Lipinski definition) is 4. The van der Waals surface area contributed by atoms with Crippen molar-refractivity contribution in [3.8, 4) is 5.75 Å². The first-order chi connectivity index (χ1) is 9.97. The van der Waals surface area contributed by atoms with Crippen molar-refractivity contribution in [2.45, 2.75) is 26.7 Å². The van der Waals surface area contributed by atoms with Crippen LogP contribution in [-0.2, 0) is 9.59 Å². The third-order valence-corrected chi connectivity index (χ3v) is 3.73. The monoisotopic (exact) mass is 289 g/mol. The quantitative estimate of drug-likeness (QED) is 0.485. The highest BCUT2D eigenvalue weighted by Crippen LogP contribution is 2.21. The van der Waals surface area contributed by atoms with Gasteiger partial charge in [0.05, 0.1) is 5.92 Å². The Morgan fingerprint density at radius 3 is 2.38 bits per heavy atom. The zero-order valence-electron chi connectivity index (χ0n) is 12.3. The van der Waals surface area contributed by atoms with Crippen molar-refractivity contribution in [1.29, 1.82) is 0 Å². The fraction of sp³-hybridized carbons (Fsp3) is 0.438. The molecule has 0 bridgehead atoms. The summed E-state index contributed by atoms with van der Waals surface area (Å²) >= 11 is 0. The van der Waals surface area contributed by atoms with E-state index in [0.29, 0.717) is 37.2 Å². The summed E-state index contributed by atoms with van der Waals surface area (Å²) in [6, 6.07) is 6.61. The maximum absolute atomic E-state index is 12.1. The first-order valence-electron chi connectivity index (χ1n) is 7.05. The molecule has 1 fully saturated rings. The van der Waals surface area contributed by atoms with Gasteiger partial charge in [-0.1, -0.05) is 12.1 Å². The summed E-state index contributed by atoms with van der Waals surface area (Å²) in [7, 11) is 0. The number of likely N-dealkylation sites (tertiary alicyclic amines) is 1. The number of piperidine rings is 1. The molecular formula is C16H19NO4. The van der Waals surface area contributed by atoms with Gasteiger partial charge in [0.2, 0.25) is 5.91 Å². The van der Waals surface area contributed by atoms with E-state index in [1.54, 1.807) is 29.2 Å². The van der Waals surface area contributed by atoms with Gasteiger partial charge < -0.3 is 9.64 Å². The molecule has 0 N–H and O–H groups in total. The number of benzene rings is 1. The average molecular weight is 289 g/mol. The highest BCUT2D eigenvalue weighted by Gasteiger charge is 2.27. The number of carbonyl (C=O) groups is 3. The molecular weight excluding hydrogens is 270 g/mol. The van der Waals surface area contributed by atoms with Crippen molar-refractivity contribution in [3.63, 3.8) is 0 Å². The molecule has 0 spiro atoms. The van der Waals surface area contributed by atoms with E-state index in [2.05, 4.69) is 0 Å². The van der Waals surface area contributed by atoms with Gasteiger partial charge in [0.25, 0.3) is 0 Å². The van der Waals surface area contributed by atoms with Crippen LogP contribution in [-0.4, -0.2) is 35.6 Å². The van der Waals surface area contributed by atoms with Crippen LogP contribution >= 0.6 is 0 Å². The molecule has 5 nitrogen and oxygen atoms in total. The second-order valence-electron chi connectivity index (χ2n) is 5.29. The summed E-state index contributed by atoms with van der Waals surface area (Å²) in [5.74, 6) is -0.124. The average Bonchev–Trinajstić information content (AvgIpc) is 2.47. The predicted octanol–water partition coefficient (Wildman–Crippen LogP) is 2.05. The van der Waals surface area contributed by atoms with E-state index in [1.807, 2.05) is 0 Å². The molecule has 1 aromatic carbocycles. The molecule has 1 amide bonds. The van der Waals surface area contributed by atoms with Crippen LogP contribution in [0.1, 0.15) is 37.0 Å². The molecule has 5 heteroatoms. The zero-order chi connectivity index (χ0) is 15.4. The Bertz CT molecular complexity index is 559. The van der Waals surface area contributed by atoms with Crippen molar-refractivity contribution in [1.82, 2.24) is 4.90 Å². The summed E-state index contributed by atoms with van der Waals surface area (Å²) in [6.07, 6.45) is 1.23. The number of carbonyl (C=O) groups excluding carboxylic acids is 3. The lowest BCUT2D eigenvalue weighted by molar-refractivity contribution is -0.142. The molecule has 0 radical (unpaired) electrons. The number of rotatable bonds is 3. The number of ketones is 1. The van der Waals surface area contributed by atoms with Gasteiger partial charge in [-0.2, -0.15) is 0 Å². The molecule has 2 rings (SSSR count). The number of esters is 1.